The zero-order chi connectivity index (χ0) is 32.0. The normalized spacial score (nSPS) is 13.0. The number of nitrogens with one attached hydrogen (secondary N) is 2. The van der Waals surface area contributed by atoms with Crippen LogP contribution in [0.1, 0.15) is 92.1 Å². The molecule has 0 bridgehead atoms. The number of carbonyl (C=O) groups is 2. The first-order chi connectivity index (χ1) is 20.4. The fourth-order valence-electron chi connectivity index (χ4n) is 4.57. The zero-order valence-corrected chi connectivity index (χ0v) is 27.0. The first-order valence-corrected chi connectivity index (χ1v) is 16.7. The largest absolute Gasteiger partial charge is 0.390 e. The van der Waals surface area contributed by atoms with Gasteiger partial charge in [-0.25, -0.2) is 13.4 Å². The van der Waals surface area contributed by atoms with Gasteiger partial charge in [0, 0.05) is 42.9 Å². The molecule has 2 atom stereocenters. The lowest BCUT2D eigenvalue weighted by atomic mass is 9.99. The number of amides is 2. The van der Waals surface area contributed by atoms with Gasteiger partial charge in [-0.2, -0.15) is 0 Å². The summed E-state index contributed by atoms with van der Waals surface area (Å²) in [5.41, 5.74) is 1.83. The highest BCUT2D eigenvalue weighted by Crippen LogP contribution is 2.16. The highest BCUT2D eigenvalue weighted by molar-refractivity contribution is 7.90. The standard InChI is InChI=1S/C33H48N4O5S/c1-7-11-19-37(35-43(41,42)25(5)6)24-31(38)30(22-27-15-13-12-14-16-27)34-32(39)28-20-26(10-4)21-29(23-28)33(40)36(17-8-2)18-9-3/h4,12-16,20-21,23,25,30-31,35,38H,7-9,11,17-19,22,24H2,1-3,5-6H3,(H,34,39). The molecule has 0 aliphatic carbocycles. The number of terminal acetylenes is 1. The van der Waals surface area contributed by atoms with Gasteiger partial charge in [0.1, 0.15) is 0 Å². The van der Waals surface area contributed by atoms with Crippen LogP contribution in [0.5, 0.6) is 0 Å². The maximum atomic E-state index is 13.6. The maximum Gasteiger partial charge on any atom is 0.253 e. The van der Waals surface area contributed by atoms with Crippen molar-refractivity contribution < 1.29 is 23.1 Å². The summed E-state index contributed by atoms with van der Waals surface area (Å²) in [5, 5.41) is 15.2. The Labute approximate surface area is 258 Å². The number of carbonyl (C=O) groups excluding carboxylic acids is 2. The lowest BCUT2D eigenvalue weighted by Gasteiger charge is -2.31. The summed E-state index contributed by atoms with van der Waals surface area (Å²) in [7, 11) is -3.64. The monoisotopic (exact) mass is 612 g/mol. The maximum absolute atomic E-state index is 13.6. The van der Waals surface area contributed by atoms with E-state index >= 15 is 0 Å². The molecule has 0 fully saturated rings. The number of sulfonamides is 1. The van der Waals surface area contributed by atoms with Gasteiger partial charge in [-0.05, 0) is 63.3 Å². The lowest BCUT2D eigenvalue weighted by Crippen LogP contribution is -2.54. The van der Waals surface area contributed by atoms with Crippen LogP contribution in [0.15, 0.2) is 48.5 Å². The quantitative estimate of drug-likeness (QED) is 0.173. The first kappa shape index (κ1) is 36.0. The van der Waals surface area contributed by atoms with Crippen molar-refractivity contribution >= 4 is 21.8 Å². The van der Waals surface area contributed by atoms with Crippen molar-refractivity contribution in [2.24, 2.45) is 0 Å². The smallest absolute Gasteiger partial charge is 0.253 e. The Bertz CT molecular complexity index is 1320. The van der Waals surface area contributed by atoms with Gasteiger partial charge in [-0.1, -0.05) is 63.4 Å². The Morgan fingerprint density at radius 2 is 1.58 bits per heavy atom. The van der Waals surface area contributed by atoms with Crippen LogP contribution in [0.2, 0.25) is 0 Å². The number of nitrogens with zero attached hydrogens (tertiary/aromatic N) is 2. The van der Waals surface area contributed by atoms with Gasteiger partial charge >= 0.3 is 0 Å². The van der Waals surface area contributed by atoms with E-state index in [0.29, 0.717) is 43.6 Å². The van der Waals surface area contributed by atoms with E-state index in [1.807, 2.05) is 51.1 Å². The van der Waals surface area contributed by atoms with Crippen LogP contribution >= 0.6 is 0 Å². The Hall–Kier alpha value is -3.23. The van der Waals surface area contributed by atoms with E-state index in [0.717, 1.165) is 24.8 Å². The molecule has 236 valence electrons. The summed E-state index contributed by atoms with van der Waals surface area (Å²) in [5.74, 6) is 1.85. The number of hydrazine groups is 1. The lowest BCUT2D eigenvalue weighted by molar-refractivity contribution is 0.0613. The molecule has 43 heavy (non-hydrogen) atoms. The molecule has 0 aliphatic rings. The van der Waals surface area contributed by atoms with Crippen LogP contribution in [0, 0.1) is 12.3 Å². The number of hydrogen-bond donors (Lipinski definition) is 3. The third kappa shape index (κ3) is 11.4. The minimum Gasteiger partial charge on any atom is -0.390 e. The Balaban J connectivity index is 2.40. The van der Waals surface area contributed by atoms with E-state index in [1.165, 1.54) is 11.1 Å². The molecule has 0 aliphatic heterocycles. The van der Waals surface area contributed by atoms with E-state index in [2.05, 4.69) is 16.1 Å². The SMILES string of the molecule is C#Cc1cc(C(=O)NC(Cc2ccccc2)C(O)CN(CCCC)NS(=O)(=O)C(C)C)cc(C(=O)N(CCC)CCC)c1. The number of aliphatic hydroxyl groups is 1. The van der Waals surface area contributed by atoms with Gasteiger partial charge in [0.2, 0.25) is 10.0 Å². The minimum absolute atomic E-state index is 0.0408. The van der Waals surface area contributed by atoms with Crippen molar-refractivity contribution in [2.45, 2.75) is 84.1 Å². The molecule has 0 radical (unpaired) electrons. The average molecular weight is 613 g/mol. The molecule has 0 saturated carbocycles. The predicted octanol–water partition coefficient (Wildman–Crippen LogP) is 3.98. The molecule has 2 aromatic rings. The van der Waals surface area contributed by atoms with E-state index in [1.54, 1.807) is 30.9 Å². The second kappa shape index (κ2) is 17.8. The number of hydrogen-bond acceptors (Lipinski definition) is 6. The number of benzene rings is 2. The third-order valence-electron chi connectivity index (χ3n) is 7.03. The highest BCUT2D eigenvalue weighted by atomic mass is 32.2. The summed E-state index contributed by atoms with van der Waals surface area (Å²) in [6.07, 6.45) is 8.01. The number of rotatable bonds is 18. The fourth-order valence-corrected chi connectivity index (χ4v) is 5.30. The molecule has 0 spiro atoms. The average Bonchev–Trinajstić information content (AvgIpc) is 2.98. The van der Waals surface area contributed by atoms with Gasteiger partial charge in [0.05, 0.1) is 17.4 Å². The minimum atomic E-state index is -3.64. The zero-order valence-electron chi connectivity index (χ0n) is 26.2. The van der Waals surface area contributed by atoms with Crippen molar-refractivity contribution in [2.75, 3.05) is 26.2 Å². The second-order valence-electron chi connectivity index (χ2n) is 11.1. The molecule has 10 heteroatoms. The Morgan fingerprint density at radius 3 is 2.14 bits per heavy atom. The Morgan fingerprint density at radius 1 is 0.953 bits per heavy atom. The van der Waals surface area contributed by atoms with Crippen molar-refractivity contribution in [1.29, 1.82) is 0 Å². The van der Waals surface area contributed by atoms with Gasteiger partial charge in [0.15, 0.2) is 0 Å². The van der Waals surface area contributed by atoms with Gasteiger partial charge < -0.3 is 15.3 Å². The van der Waals surface area contributed by atoms with Crippen molar-refractivity contribution in [1.82, 2.24) is 20.1 Å². The van der Waals surface area contributed by atoms with Crippen LogP contribution in [-0.2, 0) is 16.4 Å². The second-order valence-corrected chi connectivity index (χ2v) is 13.3. The van der Waals surface area contributed by atoms with E-state index in [9.17, 15) is 23.1 Å². The highest BCUT2D eigenvalue weighted by Gasteiger charge is 2.28. The molecule has 2 aromatic carbocycles. The van der Waals surface area contributed by atoms with Crippen LogP contribution in [-0.4, -0.2) is 78.8 Å². The first-order valence-electron chi connectivity index (χ1n) is 15.2. The topological polar surface area (TPSA) is 119 Å². The summed E-state index contributed by atoms with van der Waals surface area (Å²) in [4.78, 5) is 31.3. The molecule has 2 unspecified atom stereocenters. The van der Waals surface area contributed by atoms with Crippen LogP contribution in [0.25, 0.3) is 0 Å². The van der Waals surface area contributed by atoms with E-state index < -0.39 is 33.3 Å². The summed E-state index contributed by atoms with van der Waals surface area (Å²) in [6.45, 7) is 10.7. The summed E-state index contributed by atoms with van der Waals surface area (Å²) >= 11 is 0. The molecule has 3 N–H and O–H groups in total. The molecule has 0 heterocycles. The van der Waals surface area contributed by atoms with Crippen LogP contribution in [0.3, 0.4) is 0 Å². The molecule has 9 nitrogen and oxygen atoms in total. The third-order valence-corrected chi connectivity index (χ3v) is 8.78. The van der Waals surface area contributed by atoms with Gasteiger partial charge in [-0.15, -0.1) is 11.3 Å². The van der Waals surface area contributed by atoms with E-state index in [-0.39, 0.29) is 18.0 Å². The predicted molar refractivity (Wildman–Crippen MR) is 172 cm³/mol. The number of unbranched alkanes of at least 4 members (excludes halogenated alkanes) is 1. The van der Waals surface area contributed by atoms with Crippen molar-refractivity contribution in [3.8, 4) is 12.3 Å². The molecule has 0 aromatic heterocycles. The van der Waals surface area contributed by atoms with Crippen LogP contribution < -0.4 is 10.1 Å². The van der Waals surface area contributed by atoms with Crippen molar-refractivity contribution in [3.05, 3.63) is 70.8 Å². The summed E-state index contributed by atoms with van der Waals surface area (Å²) in [6, 6.07) is 13.3. The van der Waals surface area contributed by atoms with Crippen molar-refractivity contribution in [3.63, 3.8) is 0 Å². The molecule has 2 amide bonds. The van der Waals surface area contributed by atoms with Crippen LogP contribution in [0.4, 0.5) is 0 Å². The molecular weight excluding hydrogens is 564 g/mol. The molecular formula is C33H48N4O5S. The Kier molecular flexibility index (Phi) is 14.9. The van der Waals surface area contributed by atoms with Gasteiger partial charge in [0.25, 0.3) is 11.8 Å². The number of aliphatic hydroxyl groups excluding tert-OH is 1. The molecule has 2 rings (SSSR count). The van der Waals surface area contributed by atoms with E-state index in [4.69, 9.17) is 6.42 Å². The fraction of sp³-hybridized carbons (Fsp3) is 0.515. The summed E-state index contributed by atoms with van der Waals surface area (Å²) < 4.78 is 25.3. The van der Waals surface area contributed by atoms with Gasteiger partial charge in [-0.3, -0.25) is 9.59 Å². The molecule has 0 saturated heterocycles.